The van der Waals surface area contributed by atoms with E-state index < -0.39 is 0 Å². The fourth-order valence-electron chi connectivity index (χ4n) is 2.69. The van der Waals surface area contributed by atoms with Gasteiger partial charge < -0.3 is 11.1 Å². The standard InChI is InChI=1S/C16H25N3O.2ClH/c17-11-16(20)18-12-14-7-3-4-8-15(14)13-19-9-5-1-2-6-10-19;;/h3-4,7-8H,1-2,5-6,9-13,17H2,(H,18,20);2*1H. The Morgan fingerprint density at radius 3 is 2.23 bits per heavy atom. The van der Waals surface area contributed by atoms with Crippen LogP contribution in [0.25, 0.3) is 0 Å². The van der Waals surface area contributed by atoms with Crippen LogP contribution < -0.4 is 11.1 Å². The SMILES string of the molecule is Cl.Cl.NCC(=O)NCc1ccccc1CN1CCCCCC1. The van der Waals surface area contributed by atoms with Crippen molar-refractivity contribution in [3.8, 4) is 0 Å². The van der Waals surface area contributed by atoms with Gasteiger partial charge in [-0.2, -0.15) is 0 Å². The first-order valence-electron chi connectivity index (χ1n) is 7.55. The van der Waals surface area contributed by atoms with Crippen LogP contribution in [0.1, 0.15) is 36.8 Å². The van der Waals surface area contributed by atoms with Crippen LogP contribution in [-0.2, 0) is 17.9 Å². The van der Waals surface area contributed by atoms with Gasteiger partial charge >= 0.3 is 0 Å². The first kappa shape index (κ1) is 21.2. The molecular weight excluding hydrogens is 321 g/mol. The molecular formula is C16H27Cl2N3O. The van der Waals surface area contributed by atoms with Crippen LogP contribution >= 0.6 is 24.8 Å². The minimum atomic E-state index is -0.102. The molecule has 0 spiro atoms. The smallest absolute Gasteiger partial charge is 0.234 e. The molecule has 1 saturated heterocycles. The third-order valence-electron chi connectivity index (χ3n) is 3.87. The quantitative estimate of drug-likeness (QED) is 0.860. The Bertz CT molecular complexity index is 435. The van der Waals surface area contributed by atoms with Gasteiger partial charge in [-0.25, -0.2) is 0 Å². The molecule has 1 fully saturated rings. The Morgan fingerprint density at radius 2 is 1.64 bits per heavy atom. The number of hydrogen-bond donors (Lipinski definition) is 2. The van der Waals surface area contributed by atoms with Gasteiger partial charge in [-0.3, -0.25) is 9.69 Å². The molecule has 1 heterocycles. The van der Waals surface area contributed by atoms with Crippen molar-refractivity contribution in [2.45, 2.75) is 38.8 Å². The van der Waals surface area contributed by atoms with Crippen LogP contribution in [0.2, 0.25) is 0 Å². The van der Waals surface area contributed by atoms with E-state index in [4.69, 9.17) is 5.73 Å². The molecule has 6 heteroatoms. The number of rotatable bonds is 5. The molecule has 1 aliphatic rings. The van der Waals surface area contributed by atoms with Crippen molar-refractivity contribution in [2.75, 3.05) is 19.6 Å². The summed E-state index contributed by atoms with van der Waals surface area (Å²) in [6, 6.07) is 8.34. The maximum absolute atomic E-state index is 11.3. The van der Waals surface area contributed by atoms with Gasteiger partial charge in [0.25, 0.3) is 0 Å². The molecule has 1 amide bonds. The third kappa shape index (κ3) is 6.97. The Hall–Kier alpha value is -0.810. The summed E-state index contributed by atoms with van der Waals surface area (Å²) in [5, 5.41) is 2.86. The first-order valence-corrected chi connectivity index (χ1v) is 7.55. The molecule has 4 nitrogen and oxygen atoms in total. The van der Waals surface area contributed by atoms with Crippen LogP contribution in [0.5, 0.6) is 0 Å². The summed E-state index contributed by atoms with van der Waals surface area (Å²) in [6.45, 7) is 3.97. The van der Waals surface area contributed by atoms with Crippen molar-refractivity contribution >= 4 is 30.7 Å². The summed E-state index contributed by atoms with van der Waals surface area (Å²) in [5.41, 5.74) is 7.83. The lowest BCUT2D eigenvalue weighted by Crippen LogP contribution is -2.30. The molecule has 0 unspecified atom stereocenters. The first-order chi connectivity index (χ1) is 9.79. The zero-order valence-electron chi connectivity index (χ0n) is 12.9. The molecule has 0 radical (unpaired) electrons. The lowest BCUT2D eigenvalue weighted by molar-refractivity contribution is -0.119. The van der Waals surface area contributed by atoms with Crippen molar-refractivity contribution in [3.63, 3.8) is 0 Å². The molecule has 1 aromatic carbocycles. The van der Waals surface area contributed by atoms with E-state index in [-0.39, 0.29) is 37.3 Å². The van der Waals surface area contributed by atoms with Gasteiger partial charge in [-0.15, -0.1) is 24.8 Å². The Kier molecular flexibility index (Phi) is 11.3. The highest BCUT2D eigenvalue weighted by molar-refractivity contribution is 5.85. The summed E-state index contributed by atoms with van der Waals surface area (Å²) in [5.74, 6) is -0.102. The Labute approximate surface area is 145 Å². The largest absolute Gasteiger partial charge is 0.351 e. The highest BCUT2D eigenvalue weighted by atomic mass is 35.5. The van der Waals surface area contributed by atoms with Crippen LogP contribution in [0.15, 0.2) is 24.3 Å². The molecule has 3 N–H and O–H groups in total. The minimum absolute atomic E-state index is 0. The predicted molar refractivity (Wildman–Crippen MR) is 95.6 cm³/mol. The topological polar surface area (TPSA) is 58.4 Å². The van der Waals surface area contributed by atoms with E-state index in [1.54, 1.807) is 0 Å². The molecule has 0 saturated carbocycles. The maximum atomic E-state index is 11.3. The van der Waals surface area contributed by atoms with Crippen molar-refractivity contribution in [2.24, 2.45) is 5.73 Å². The van der Waals surface area contributed by atoms with Gasteiger partial charge in [0.15, 0.2) is 0 Å². The zero-order chi connectivity index (χ0) is 14.2. The van der Waals surface area contributed by atoms with Crippen molar-refractivity contribution in [3.05, 3.63) is 35.4 Å². The van der Waals surface area contributed by atoms with Crippen LogP contribution in [0, 0.1) is 0 Å². The average Bonchev–Trinajstić information content (AvgIpc) is 2.74. The monoisotopic (exact) mass is 347 g/mol. The van der Waals surface area contributed by atoms with E-state index in [2.05, 4.69) is 28.4 Å². The van der Waals surface area contributed by atoms with Gasteiger partial charge in [0.1, 0.15) is 0 Å². The lowest BCUT2D eigenvalue weighted by Gasteiger charge is -2.21. The minimum Gasteiger partial charge on any atom is -0.351 e. The number of carbonyl (C=O) groups excluding carboxylic acids is 1. The van der Waals surface area contributed by atoms with Crippen molar-refractivity contribution in [1.29, 1.82) is 0 Å². The molecule has 22 heavy (non-hydrogen) atoms. The van der Waals surface area contributed by atoms with Crippen molar-refractivity contribution in [1.82, 2.24) is 10.2 Å². The van der Waals surface area contributed by atoms with Crippen LogP contribution in [-0.4, -0.2) is 30.4 Å². The molecule has 0 atom stereocenters. The average molecular weight is 348 g/mol. The predicted octanol–water partition coefficient (Wildman–Crippen LogP) is 2.48. The number of nitrogens with zero attached hydrogens (tertiary/aromatic N) is 1. The van der Waals surface area contributed by atoms with Crippen LogP contribution in [0.3, 0.4) is 0 Å². The molecule has 1 aromatic rings. The van der Waals surface area contributed by atoms with Gasteiger partial charge in [0.2, 0.25) is 5.91 Å². The number of halogens is 2. The number of likely N-dealkylation sites (tertiary alicyclic amines) is 1. The molecule has 0 bridgehead atoms. The van der Waals surface area contributed by atoms with Gasteiger partial charge in [-0.05, 0) is 37.1 Å². The Balaban J connectivity index is 0.00000220. The third-order valence-corrected chi connectivity index (χ3v) is 3.87. The second-order valence-corrected chi connectivity index (χ2v) is 5.44. The molecule has 1 aliphatic heterocycles. The van der Waals surface area contributed by atoms with Gasteiger partial charge in [0, 0.05) is 13.1 Å². The zero-order valence-corrected chi connectivity index (χ0v) is 14.6. The number of benzene rings is 1. The lowest BCUT2D eigenvalue weighted by atomic mass is 10.1. The second-order valence-electron chi connectivity index (χ2n) is 5.44. The molecule has 0 aromatic heterocycles. The fourth-order valence-corrected chi connectivity index (χ4v) is 2.69. The van der Waals surface area contributed by atoms with E-state index in [1.807, 2.05) is 6.07 Å². The molecule has 126 valence electrons. The Morgan fingerprint density at radius 1 is 1.05 bits per heavy atom. The number of carbonyl (C=O) groups is 1. The molecule has 2 rings (SSSR count). The van der Waals surface area contributed by atoms with E-state index in [0.717, 1.165) is 6.54 Å². The molecule has 0 aliphatic carbocycles. The maximum Gasteiger partial charge on any atom is 0.234 e. The van der Waals surface area contributed by atoms with E-state index in [1.165, 1.54) is 49.9 Å². The van der Waals surface area contributed by atoms with E-state index in [0.29, 0.717) is 6.54 Å². The fraction of sp³-hybridized carbons (Fsp3) is 0.562. The van der Waals surface area contributed by atoms with Gasteiger partial charge in [0.05, 0.1) is 6.54 Å². The number of amides is 1. The van der Waals surface area contributed by atoms with E-state index >= 15 is 0 Å². The summed E-state index contributed by atoms with van der Waals surface area (Å²) in [6.07, 6.45) is 5.30. The van der Waals surface area contributed by atoms with E-state index in [9.17, 15) is 4.79 Å². The van der Waals surface area contributed by atoms with Crippen molar-refractivity contribution < 1.29 is 4.79 Å². The van der Waals surface area contributed by atoms with Crippen LogP contribution in [0.4, 0.5) is 0 Å². The highest BCUT2D eigenvalue weighted by Gasteiger charge is 2.11. The number of nitrogens with two attached hydrogens (primary N) is 1. The number of hydrogen-bond acceptors (Lipinski definition) is 3. The summed E-state index contributed by atoms with van der Waals surface area (Å²) >= 11 is 0. The normalized spacial score (nSPS) is 15.1. The summed E-state index contributed by atoms with van der Waals surface area (Å²) in [4.78, 5) is 13.8. The number of nitrogens with one attached hydrogen (secondary N) is 1. The highest BCUT2D eigenvalue weighted by Crippen LogP contribution is 2.16. The van der Waals surface area contributed by atoms with Gasteiger partial charge in [-0.1, -0.05) is 37.1 Å². The summed E-state index contributed by atoms with van der Waals surface area (Å²) < 4.78 is 0. The summed E-state index contributed by atoms with van der Waals surface area (Å²) in [7, 11) is 0. The second kappa shape index (κ2) is 11.7.